The average molecular weight is 579 g/mol. The maximum Gasteiger partial charge on any atom is 0.355 e. The average Bonchev–Trinajstić information content (AvgIpc) is 3.56. The molecule has 0 atom stereocenters. The van der Waals surface area contributed by atoms with E-state index in [4.69, 9.17) is 15.0 Å². The molecule has 9 nitrogen and oxygen atoms in total. The van der Waals surface area contributed by atoms with Gasteiger partial charge in [0.05, 0.1) is 12.0 Å². The van der Waals surface area contributed by atoms with E-state index in [0.29, 0.717) is 34.1 Å². The van der Waals surface area contributed by atoms with E-state index >= 15 is 0 Å². The van der Waals surface area contributed by atoms with Gasteiger partial charge in [0.2, 0.25) is 15.2 Å². The monoisotopic (exact) mass is 578 g/mol. The molecule has 0 aliphatic carbocycles. The van der Waals surface area contributed by atoms with Crippen molar-refractivity contribution in [2.45, 2.75) is 18.2 Å². The summed E-state index contributed by atoms with van der Waals surface area (Å²) in [5.41, 5.74) is 4.95. The molecule has 0 saturated heterocycles. The number of benzene rings is 3. The fourth-order valence-corrected chi connectivity index (χ4v) is 5.59. The number of ether oxygens (including phenoxy) is 1. The van der Waals surface area contributed by atoms with E-state index in [1.54, 1.807) is 31.5 Å². The third-order valence-electron chi connectivity index (χ3n) is 6.28. The van der Waals surface area contributed by atoms with Gasteiger partial charge in [0, 0.05) is 29.1 Å². The molecule has 0 aliphatic heterocycles. The van der Waals surface area contributed by atoms with Crippen molar-refractivity contribution >= 4 is 27.3 Å². The van der Waals surface area contributed by atoms with Crippen LogP contribution in [-0.2, 0) is 16.4 Å². The summed E-state index contributed by atoms with van der Waals surface area (Å²) >= 11 is 1.13. The fourth-order valence-electron chi connectivity index (χ4n) is 4.35. The Labute approximate surface area is 233 Å². The third kappa shape index (κ3) is 5.50. The number of thiazole rings is 1. The van der Waals surface area contributed by atoms with Crippen LogP contribution in [0.2, 0.25) is 0 Å². The number of nitrogens with zero attached hydrogens (tertiary/aromatic N) is 3. The number of hydrogen-bond acceptors (Lipinski definition) is 7. The van der Waals surface area contributed by atoms with Gasteiger partial charge >= 0.3 is 5.97 Å². The highest BCUT2D eigenvalue weighted by Gasteiger charge is 2.21. The van der Waals surface area contributed by atoms with Gasteiger partial charge in [-0.25, -0.2) is 32.4 Å². The maximum absolute atomic E-state index is 14.1. The molecule has 2 aromatic heterocycles. The summed E-state index contributed by atoms with van der Waals surface area (Å²) < 4.78 is 44.7. The first kappa shape index (κ1) is 27.2. The van der Waals surface area contributed by atoms with E-state index in [9.17, 15) is 22.7 Å². The molecule has 0 spiro atoms. The lowest BCUT2D eigenvalue weighted by Gasteiger charge is -2.14. The van der Waals surface area contributed by atoms with Crippen molar-refractivity contribution in [2.24, 2.45) is 5.14 Å². The van der Waals surface area contributed by atoms with Crippen molar-refractivity contribution < 1.29 is 27.4 Å². The van der Waals surface area contributed by atoms with Crippen molar-refractivity contribution in [3.8, 4) is 33.3 Å². The number of methoxy groups -OCH3 is 1. The van der Waals surface area contributed by atoms with Gasteiger partial charge in [0.1, 0.15) is 17.3 Å². The molecule has 3 aromatic carbocycles. The SMILES string of the molecule is COc1cc(C)c(-c2cccc(F)c2)cc1-c1nn(-c2nc(C(=O)O)cs2)cc1Cc1ccc(S(N)(=O)=O)cc1. The number of aryl methyl sites for hydroxylation is 1. The van der Waals surface area contributed by atoms with E-state index in [-0.39, 0.29) is 16.4 Å². The Hall–Kier alpha value is -4.39. The van der Waals surface area contributed by atoms with Crippen LogP contribution in [0, 0.1) is 12.7 Å². The highest BCUT2D eigenvalue weighted by atomic mass is 32.2. The van der Waals surface area contributed by atoms with E-state index in [1.165, 1.54) is 34.3 Å². The Morgan fingerprint density at radius 2 is 1.88 bits per heavy atom. The number of carboxylic acid groups (broad SMARTS) is 1. The van der Waals surface area contributed by atoms with Crippen LogP contribution < -0.4 is 9.88 Å². The number of nitrogens with two attached hydrogens (primary N) is 1. The minimum absolute atomic E-state index is 0.00362. The molecule has 204 valence electrons. The Kier molecular flexibility index (Phi) is 7.23. The zero-order chi connectivity index (χ0) is 28.6. The van der Waals surface area contributed by atoms with E-state index in [0.717, 1.165) is 33.6 Å². The smallest absolute Gasteiger partial charge is 0.355 e. The van der Waals surface area contributed by atoms with Crippen LogP contribution in [-0.4, -0.2) is 41.4 Å². The van der Waals surface area contributed by atoms with E-state index in [1.807, 2.05) is 25.1 Å². The summed E-state index contributed by atoms with van der Waals surface area (Å²) in [6.07, 6.45) is 2.10. The van der Waals surface area contributed by atoms with Crippen molar-refractivity contribution in [1.29, 1.82) is 0 Å². The first-order chi connectivity index (χ1) is 19.0. The summed E-state index contributed by atoms with van der Waals surface area (Å²) in [6, 6.07) is 16.2. The van der Waals surface area contributed by atoms with Gasteiger partial charge in [-0.3, -0.25) is 0 Å². The lowest BCUT2D eigenvalue weighted by Crippen LogP contribution is -2.11. The van der Waals surface area contributed by atoms with E-state index < -0.39 is 16.0 Å². The van der Waals surface area contributed by atoms with Crippen molar-refractivity contribution in [1.82, 2.24) is 14.8 Å². The largest absolute Gasteiger partial charge is 0.496 e. The fraction of sp³-hybridized carbons (Fsp3) is 0.107. The molecule has 0 amide bonds. The molecule has 5 aromatic rings. The predicted molar refractivity (Wildman–Crippen MR) is 149 cm³/mol. The lowest BCUT2D eigenvalue weighted by molar-refractivity contribution is 0.0691. The summed E-state index contributed by atoms with van der Waals surface area (Å²) in [4.78, 5) is 15.6. The number of rotatable bonds is 8. The molecule has 3 N–H and O–H groups in total. The van der Waals surface area contributed by atoms with Crippen LogP contribution in [0.25, 0.3) is 27.5 Å². The molecule has 0 fully saturated rings. The van der Waals surface area contributed by atoms with Crippen LogP contribution in [0.4, 0.5) is 4.39 Å². The van der Waals surface area contributed by atoms with Gasteiger partial charge < -0.3 is 9.84 Å². The Bertz CT molecular complexity index is 1850. The van der Waals surface area contributed by atoms with Crippen LogP contribution >= 0.6 is 11.3 Å². The zero-order valence-corrected chi connectivity index (χ0v) is 23.0. The van der Waals surface area contributed by atoms with Crippen molar-refractivity contribution in [3.05, 3.63) is 100 Å². The summed E-state index contributed by atoms with van der Waals surface area (Å²) in [7, 11) is -2.30. The molecule has 0 saturated carbocycles. The van der Waals surface area contributed by atoms with Gasteiger partial charge in [-0.15, -0.1) is 11.3 Å². The maximum atomic E-state index is 14.1. The van der Waals surface area contributed by atoms with Crippen molar-refractivity contribution in [2.75, 3.05) is 7.11 Å². The topological polar surface area (TPSA) is 137 Å². The highest BCUT2D eigenvalue weighted by Crippen LogP contribution is 2.39. The van der Waals surface area contributed by atoms with E-state index in [2.05, 4.69) is 4.98 Å². The molecule has 12 heteroatoms. The van der Waals surface area contributed by atoms with Crippen LogP contribution in [0.15, 0.2) is 77.1 Å². The molecule has 0 radical (unpaired) electrons. The predicted octanol–water partition coefficient (Wildman–Crippen LogP) is 5.06. The minimum Gasteiger partial charge on any atom is -0.496 e. The highest BCUT2D eigenvalue weighted by molar-refractivity contribution is 7.89. The number of carbonyl (C=O) groups is 1. The molecule has 40 heavy (non-hydrogen) atoms. The first-order valence-electron chi connectivity index (χ1n) is 11.9. The first-order valence-corrected chi connectivity index (χ1v) is 14.3. The molecule has 0 bridgehead atoms. The molecule has 5 rings (SSSR count). The second-order valence-electron chi connectivity index (χ2n) is 9.01. The molecule has 0 aliphatic rings. The summed E-state index contributed by atoms with van der Waals surface area (Å²) in [5, 5.41) is 21.1. The second kappa shape index (κ2) is 10.6. The number of aromatic carboxylic acids is 1. The van der Waals surface area contributed by atoms with Crippen LogP contribution in [0.1, 0.15) is 27.2 Å². The number of primary sulfonamides is 1. The van der Waals surface area contributed by atoms with Gasteiger partial charge in [-0.2, -0.15) is 5.10 Å². The van der Waals surface area contributed by atoms with Gasteiger partial charge in [0.15, 0.2) is 5.69 Å². The zero-order valence-electron chi connectivity index (χ0n) is 21.3. The van der Waals surface area contributed by atoms with Gasteiger partial charge in [-0.1, -0.05) is 24.3 Å². The quantitative estimate of drug-likeness (QED) is 0.263. The Balaban J connectivity index is 1.67. The Morgan fingerprint density at radius 3 is 2.50 bits per heavy atom. The molecule has 2 heterocycles. The summed E-state index contributed by atoms with van der Waals surface area (Å²) in [6.45, 7) is 1.90. The minimum atomic E-state index is -3.84. The standard InChI is InChI=1S/C28H23FN4O5S2/c1-16-10-25(38-2)23(13-22(16)18-4-3-5-20(29)12-18)26-19(11-17-6-8-21(9-7-17)40(30,36)37)14-33(32-26)28-31-24(15-39-28)27(34)35/h3-10,12-15H,11H2,1-2H3,(H,34,35)(H2,30,36,37). The van der Waals surface area contributed by atoms with Gasteiger partial charge in [-0.05, 0) is 65.6 Å². The van der Waals surface area contributed by atoms with Crippen LogP contribution in [0.5, 0.6) is 5.75 Å². The Morgan fingerprint density at radius 1 is 1.12 bits per heavy atom. The molecule has 0 unspecified atom stereocenters. The summed E-state index contributed by atoms with van der Waals surface area (Å²) in [5.74, 6) is -0.968. The lowest BCUT2D eigenvalue weighted by atomic mass is 9.94. The number of carboxylic acids is 1. The number of sulfonamides is 1. The van der Waals surface area contributed by atoms with Crippen molar-refractivity contribution in [3.63, 3.8) is 0 Å². The normalized spacial score (nSPS) is 11.5. The second-order valence-corrected chi connectivity index (χ2v) is 11.4. The third-order valence-corrected chi connectivity index (χ3v) is 8.04. The molecular weight excluding hydrogens is 555 g/mol. The number of hydrogen-bond donors (Lipinski definition) is 2. The van der Waals surface area contributed by atoms with Crippen LogP contribution in [0.3, 0.4) is 0 Å². The number of halogens is 1. The molecular formula is C28H23FN4O5S2. The van der Waals surface area contributed by atoms with Gasteiger partial charge in [0.25, 0.3) is 0 Å². The number of aromatic nitrogens is 3.